The summed E-state index contributed by atoms with van der Waals surface area (Å²) in [6.07, 6.45) is 0. The van der Waals surface area contributed by atoms with Gasteiger partial charge in [-0.2, -0.15) is 0 Å². The zero-order chi connectivity index (χ0) is 11.6. The van der Waals surface area contributed by atoms with E-state index in [1.807, 2.05) is 19.1 Å². The van der Waals surface area contributed by atoms with Crippen LogP contribution in [0.3, 0.4) is 0 Å². The first-order valence-corrected chi connectivity index (χ1v) is 5.95. The van der Waals surface area contributed by atoms with Gasteiger partial charge in [0.1, 0.15) is 5.82 Å². The van der Waals surface area contributed by atoms with Crippen LogP contribution in [-0.2, 0) is 0 Å². The van der Waals surface area contributed by atoms with Crippen molar-refractivity contribution in [3.05, 3.63) is 33.5 Å². The molecule has 3 heteroatoms. The maximum Gasteiger partial charge on any atom is 0.140 e. The summed E-state index contributed by atoms with van der Waals surface area (Å²) in [5.41, 5.74) is 7.41. The first kappa shape index (κ1) is 12.7. The van der Waals surface area contributed by atoms with Gasteiger partial charge in [-0.05, 0) is 51.5 Å². The molecule has 0 fully saturated rings. The molecule has 1 atom stereocenters. The molecule has 15 heavy (non-hydrogen) atoms. The summed E-state index contributed by atoms with van der Waals surface area (Å²) in [7, 11) is 0. The van der Waals surface area contributed by atoms with Crippen molar-refractivity contribution in [2.75, 3.05) is 6.54 Å². The normalized spacial score (nSPS) is 13.3. The number of nitrogens with two attached hydrogens (primary N) is 1. The number of hydrogen-bond donors (Lipinski definition) is 1. The largest absolute Gasteiger partial charge is 0.330 e. The lowest BCUT2D eigenvalue weighted by Crippen LogP contribution is -2.11. The third-order valence-corrected chi connectivity index (χ3v) is 3.21. The Balaban J connectivity index is 3.25. The van der Waals surface area contributed by atoms with E-state index in [0.29, 0.717) is 22.5 Å². The van der Waals surface area contributed by atoms with Crippen LogP contribution < -0.4 is 5.73 Å². The molecule has 0 aliphatic carbocycles. The Morgan fingerprint density at radius 2 is 1.93 bits per heavy atom. The number of halogens is 2. The van der Waals surface area contributed by atoms with Crippen LogP contribution in [0.15, 0.2) is 16.6 Å². The van der Waals surface area contributed by atoms with E-state index in [0.717, 1.165) is 5.56 Å². The summed E-state index contributed by atoms with van der Waals surface area (Å²) in [6, 6.07) is 3.76. The van der Waals surface area contributed by atoms with Gasteiger partial charge in [-0.25, -0.2) is 4.39 Å². The Kier molecular flexibility index (Phi) is 4.29. The Morgan fingerprint density at radius 1 is 1.33 bits per heavy atom. The summed E-state index contributed by atoms with van der Waals surface area (Å²) in [4.78, 5) is 0. The van der Waals surface area contributed by atoms with Crippen molar-refractivity contribution < 1.29 is 4.39 Å². The Bertz CT molecular complexity index is 350. The second-order valence-corrected chi connectivity index (χ2v) is 5.05. The fourth-order valence-electron chi connectivity index (χ4n) is 1.45. The Hall–Kier alpha value is -0.410. The molecule has 0 aromatic heterocycles. The van der Waals surface area contributed by atoms with Crippen LogP contribution in [-0.4, -0.2) is 6.54 Å². The van der Waals surface area contributed by atoms with Crippen LogP contribution in [0.5, 0.6) is 0 Å². The summed E-state index contributed by atoms with van der Waals surface area (Å²) in [5.74, 6) is 0.267. The van der Waals surface area contributed by atoms with Gasteiger partial charge in [0.25, 0.3) is 0 Å². The lowest BCUT2D eigenvalue weighted by Gasteiger charge is -2.15. The Labute approximate surface area is 99.0 Å². The summed E-state index contributed by atoms with van der Waals surface area (Å²) in [6.45, 7) is 6.59. The highest BCUT2D eigenvalue weighted by atomic mass is 79.9. The topological polar surface area (TPSA) is 26.0 Å². The quantitative estimate of drug-likeness (QED) is 0.892. The highest BCUT2D eigenvalue weighted by molar-refractivity contribution is 9.10. The highest BCUT2D eigenvalue weighted by Crippen LogP contribution is 2.29. The van der Waals surface area contributed by atoms with Crippen molar-refractivity contribution in [3.8, 4) is 0 Å². The molecule has 1 aromatic rings. The fourth-order valence-corrected chi connectivity index (χ4v) is 1.94. The minimum Gasteiger partial charge on any atom is -0.330 e. The average molecular weight is 274 g/mol. The van der Waals surface area contributed by atoms with Gasteiger partial charge < -0.3 is 5.73 Å². The molecule has 0 aliphatic heterocycles. The fraction of sp³-hybridized carbons (Fsp3) is 0.500. The minimum absolute atomic E-state index is 0.0556. The second-order valence-electron chi connectivity index (χ2n) is 4.20. The lowest BCUT2D eigenvalue weighted by molar-refractivity contribution is 0.582. The van der Waals surface area contributed by atoms with Crippen molar-refractivity contribution >= 4 is 15.9 Å². The van der Waals surface area contributed by atoms with Crippen LogP contribution in [0.4, 0.5) is 4.39 Å². The summed E-state index contributed by atoms with van der Waals surface area (Å²) >= 11 is 3.25. The van der Waals surface area contributed by atoms with E-state index in [1.54, 1.807) is 0 Å². The highest BCUT2D eigenvalue weighted by Gasteiger charge is 2.15. The molecular formula is C12H17BrFN. The smallest absolute Gasteiger partial charge is 0.140 e. The lowest BCUT2D eigenvalue weighted by atomic mass is 9.94. The minimum atomic E-state index is -0.183. The zero-order valence-electron chi connectivity index (χ0n) is 9.35. The van der Waals surface area contributed by atoms with Crippen molar-refractivity contribution in [2.24, 2.45) is 5.73 Å². The van der Waals surface area contributed by atoms with Gasteiger partial charge in [0.2, 0.25) is 0 Å². The monoisotopic (exact) mass is 273 g/mol. The first-order chi connectivity index (χ1) is 6.97. The van der Waals surface area contributed by atoms with Gasteiger partial charge in [0.15, 0.2) is 0 Å². The summed E-state index contributed by atoms with van der Waals surface area (Å²) in [5, 5.41) is 0. The summed E-state index contributed by atoms with van der Waals surface area (Å²) < 4.78 is 14.3. The van der Waals surface area contributed by atoms with Crippen LogP contribution in [0.1, 0.15) is 43.7 Å². The molecule has 1 unspecified atom stereocenters. The van der Waals surface area contributed by atoms with E-state index in [1.165, 1.54) is 0 Å². The van der Waals surface area contributed by atoms with Crippen LogP contribution in [0.25, 0.3) is 0 Å². The molecule has 1 nitrogen and oxygen atoms in total. The first-order valence-electron chi connectivity index (χ1n) is 5.16. The van der Waals surface area contributed by atoms with Gasteiger partial charge in [0.05, 0.1) is 4.47 Å². The average Bonchev–Trinajstić information content (AvgIpc) is 2.20. The van der Waals surface area contributed by atoms with Gasteiger partial charge in [0, 0.05) is 0 Å². The van der Waals surface area contributed by atoms with Crippen molar-refractivity contribution in [2.45, 2.75) is 32.6 Å². The molecule has 0 radical (unpaired) electrons. The second kappa shape index (κ2) is 5.08. The third-order valence-electron chi connectivity index (χ3n) is 2.63. The molecule has 2 N–H and O–H groups in total. The molecule has 0 saturated heterocycles. The van der Waals surface area contributed by atoms with Gasteiger partial charge in [-0.3, -0.25) is 0 Å². The molecule has 0 saturated carbocycles. The molecule has 1 aromatic carbocycles. The zero-order valence-corrected chi connectivity index (χ0v) is 10.9. The standard InChI is InChI=1S/C12H17BrFN/c1-7(2)9-4-10(8(3)6-15)12(14)11(13)5-9/h4-5,7-8H,6,15H2,1-3H3. The number of benzene rings is 1. The van der Waals surface area contributed by atoms with E-state index in [-0.39, 0.29) is 11.7 Å². The van der Waals surface area contributed by atoms with Crippen LogP contribution in [0.2, 0.25) is 0 Å². The van der Waals surface area contributed by atoms with E-state index in [9.17, 15) is 4.39 Å². The van der Waals surface area contributed by atoms with Crippen molar-refractivity contribution in [1.29, 1.82) is 0 Å². The molecule has 1 rings (SSSR count). The van der Waals surface area contributed by atoms with Crippen molar-refractivity contribution in [3.63, 3.8) is 0 Å². The van der Waals surface area contributed by atoms with Gasteiger partial charge in [-0.1, -0.05) is 26.8 Å². The number of hydrogen-bond acceptors (Lipinski definition) is 1. The van der Waals surface area contributed by atoms with Crippen LogP contribution >= 0.6 is 15.9 Å². The van der Waals surface area contributed by atoms with E-state index < -0.39 is 0 Å². The molecule has 0 aliphatic rings. The molecule has 84 valence electrons. The van der Waals surface area contributed by atoms with E-state index in [2.05, 4.69) is 29.8 Å². The maximum atomic E-state index is 13.8. The molecule has 0 heterocycles. The predicted octanol–water partition coefficient (Wildman–Crippen LogP) is 3.77. The van der Waals surface area contributed by atoms with Crippen LogP contribution in [0, 0.1) is 5.82 Å². The Morgan fingerprint density at radius 3 is 2.40 bits per heavy atom. The number of rotatable bonds is 3. The molecule has 0 amide bonds. The van der Waals surface area contributed by atoms with Crippen molar-refractivity contribution in [1.82, 2.24) is 0 Å². The SMILES string of the molecule is CC(C)c1cc(Br)c(F)c(C(C)CN)c1. The molecule has 0 spiro atoms. The maximum absolute atomic E-state index is 13.8. The predicted molar refractivity (Wildman–Crippen MR) is 65.7 cm³/mol. The third kappa shape index (κ3) is 2.79. The molecule has 0 bridgehead atoms. The van der Waals surface area contributed by atoms with E-state index in [4.69, 9.17) is 5.73 Å². The van der Waals surface area contributed by atoms with Gasteiger partial charge >= 0.3 is 0 Å². The molecular weight excluding hydrogens is 257 g/mol. The van der Waals surface area contributed by atoms with E-state index >= 15 is 0 Å². The van der Waals surface area contributed by atoms with Gasteiger partial charge in [-0.15, -0.1) is 0 Å².